The molecule has 1 heterocycles. The molecule has 0 saturated carbocycles. The topological polar surface area (TPSA) is 91.6 Å². The Hall–Kier alpha value is -2.50. The molecule has 0 saturated heterocycles. The van der Waals surface area contributed by atoms with E-state index in [1.54, 1.807) is 6.20 Å². The molecule has 6 nitrogen and oxygen atoms in total. The highest BCUT2D eigenvalue weighted by Gasteiger charge is 2.22. The van der Waals surface area contributed by atoms with Crippen LogP contribution in [0.25, 0.3) is 10.9 Å². The molecule has 6 heteroatoms. The van der Waals surface area contributed by atoms with Crippen LogP contribution in [-0.2, 0) is 16.6 Å². The second-order valence-electron chi connectivity index (χ2n) is 4.30. The fourth-order valence-corrected chi connectivity index (χ4v) is 2.02. The molecule has 1 aromatic heterocycles. The molecule has 0 spiro atoms. The van der Waals surface area contributed by atoms with Crippen LogP contribution < -0.4 is 5.32 Å². The second-order valence-corrected chi connectivity index (χ2v) is 4.30. The Labute approximate surface area is 109 Å². The Balaban J connectivity index is 2.34. The zero-order valence-corrected chi connectivity index (χ0v) is 10.3. The SMILES string of the molecule is Cn1cc(NC(CC(=O)O)C(=O)O)c2ccccc21. The van der Waals surface area contributed by atoms with Crippen LogP contribution in [-0.4, -0.2) is 32.8 Å². The van der Waals surface area contributed by atoms with E-state index in [9.17, 15) is 9.59 Å². The van der Waals surface area contributed by atoms with Crippen LogP contribution in [0.4, 0.5) is 5.69 Å². The predicted molar refractivity (Wildman–Crippen MR) is 70.2 cm³/mol. The molecule has 19 heavy (non-hydrogen) atoms. The van der Waals surface area contributed by atoms with Crippen LogP contribution in [0.15, 0.2) is 30.5 Å². The van der Waals surface area contributed by atoms with E-state index in [4.69, 9.17) is 10.2 Å². The minimum absolute atomic E-state index is 0.474. The monoisotopic (exact) mass is 262 g/mol. The third-order valence-electron chi connectivity index (χ3n) is 2.90. The summed E-state index contributed by atoms with van der Waals surface area (Å²) in [4.78, 5) is 21.7. The maximum atomic E-state index is 11.0. The molecule has 0 radical (unpaired) electrons. The van der Waals surface area contributed by atoms with Crippen molar-refractivity contribution in [3.8, 4) is 0 Å². The van der Waals surface area contributed by atoms with Gasteiger partial charge in [-0.2, -0.15) is 0 Å². The van der Waals surface area contributed by atoms with Crippen LogP contribution in [0.5, 0.6) is 0 Å². The van der Waals surface area contributed by atoms with Gasteiger partial charge in [0.15, 0.2) is 0 Å². The van der Waals surface area contributed by atoms with E-state index in [1.165, 1.54) is 0 Å². The Morgan fingerprint density at radius 2 is 2.00 bits per heavy atom. The number of carboxylic acids is 2. The van der Waals surface area contributed by atoms with Gasteiger partial charge in [0.1, 0.15) is 6.04 Å². The summed E-state index contributed by atoms with van der Waals surface area (Å²) < 4.78 is 1.86. The molecule has 3 N–H and O–H groups in total. The number of para-hydroxylation sites is 1. The first-order valence-electron chi connectivity index (χ1n) is 5.74. The Kier molecular flexibility index (Phi) is 3.41. The molecular weight excluding hydrogens is 248 g/mol. The highest BCUT2D eigenvalue weighted by molar-refractivity contribution is 5.95. The average Bonchev–Trinajstić information content (AvgIpc) is 2.66. The van der Waals surface area contributed by atoms with Crippen LogP contribution in [0.1, 0.15) is 6.42 Å². The van der Waals surface area contributed by atoms with Crippen LogP contribution in [0, 0.1) is 0 Å². The molecule has 1 unspecified atom stereocenters. The van der Waals surface area contributed by atoms with Crippen molar-refractivity contribution in [2.75, 3.05) is 5.32 Å². The first-order valence-corrected chi connectivity index (χ1v) is 5.74. The molecule has 1 atom stereocenters. The Morgan fingerprint density at radius 1 is 1.32 bits per heavy atom. The molecule has 100 valence electrons. The van der Waals surface area contributed by atoms with Gasteiger partial charge in [-0.15, -0.1) is 0 Å². The number of nitrogens with zero attached hydrogens (tertiary/aromatic N) is 1. The van der Waals surface area contributed by atoms with Crippen LogP contribution >= 0.6 is 0 Å². The normalized spacial score (nSPS) is 12.3. The van der Waals surface area contributed by atoms with Gasteiger partial charge in [-0.05, 0) is 6.07 Å². The minimum Gasteiger partial charge on any atom is -0.481 e. The van der Waals surface area contributed by atoms with Crippen molar-refractivity contribution in [3.05, 3.63) is 30.5 Å². The van der Waals surface area contributed by atoms with Crippen molar-refractivity contribution < 1.29 is 19.8 Å². The van der Waals surface area contributed by atoms with Crippen molar-refractivity contribution in [2.45, 2.75) is 12.5 Å². The lowest BCUT2D eigenvalue weighted by molar-refractivity contribution is -0.144. The van der Waals surface area contributed by atoms with Crippen molar-refractivity contribution >= 4 is 28.5 Å². The van der Waals surface area contributed by atoms with Gasteiger partial charge in [-0.1, -0.05) is 18.2 Å². The maximum absolute atomic E-state index is 11.0. The van der Waals surface area contributed by atoms with Gasteiger partial charge in [-0.3, -0.25) is 4.79 Å². The Morgan fingerprint density at radius 3 is 2.63 bits per heavy atom. The van der Waals surface area contributed by atoms with E-state index < -0.39 is 24.4 Å². The van der Waals surface area contributed by atoms with Gasteiger partial charge in [0.25, 0.3) is 0 Å². The van der Waals surface area contributed by atoms with Gasteiger partial charge in [-0.25, -0.2) is 4.79 Å². The number of carboxylic acid groups (broad SMARTS) is 2. The predicted octanol–water partition coefficient (Wildman–Crippen LogP) is 1.52. The zero-order chi connectivity index (χ0) is 14.0. The van der Waals surface area contributed by atoms with E-state index in [2.05, 4.69) is 5.32 Å². The average molecular weight is 262 g/mol. The minimum atomic E-state index is -1.18. The number of anilines is 1. The molecule has 0 fully saturated rings. The zero-order valence-electron chi connectivity index (χ0n) is 10.3. The van der Waals surface area contributed by atoms with Crippen molar-refractivity contribution in [2.24, 2.45) is 7.05 Å². The highest BCUT2D eigenvalue weighted by atomic mass is 16.4. The van der Waals surface area contributed by atoms with E-state index in [0.717, 1.165) is 10.9 Å². The summed E-state index contributed by atoms with van der Waals surface area (Å²) in [7, 11) is 1.85. The first kappa shape index (κ1) is 12.9. The first-order chi connectivity index (χ1) is 8.99. The summed E-state index contributed by atoms with van der Waals surface area (Å²) in [5, 5.41) is 21.4. The number of hydrogen-bond donors (Lipinski definition) is 3. The molecule has 0 aliphatic carbocycles. The van der Waals surface area contributed by atoms with Crippen molar-refractivity contribution in [3.63, 3.8) is 0 Å². The molecule has 0 amide bonds. The van der Waals surface area contributed by atoms with E-state index in [1.807, 2.05) is 35.9 Å². The van der Waals surface area contributed by atoms with E-state index in [0.29, 0.717) is 5.69 Å². The number of carbonyl (C=O) groups is 2. The maximum Gasteiger partial charge on any atom is 0.326 e. The molecule has 0 bridgehead atoms. The number of aliphatic carboxylic acids is 2. The van der Waals surface area contributed by atoms with Crippen molar-refractivity contribution in [1.29, 1.82) is 0 Å². The lowest BCUT2D eigenvalue weighted by atomic mass is 10.2. The van der Waals surface area contributed by atoms with Gasteiger partial charge in [0, 0.05) is 24.1 Å². The summed E-state index contributed by atoms with van der Waals surface area (Å²) in [6.07, 6.45) is 1.28. The number of fused-ring (bicyclic) bond motifs is 1. The number of rotatable bonds is 5. The van der Waals surface area contributed by atoms with Crippen LogP contribution in [0.3, 0.4) is 0 Å². The number of nitrogens with one attached hydrogen (secondary N) is 1. The smallest absolute Gasteiger partial charge is 0.326 e. The largest absolute Gasteiger partial charge is 0.481 e. The standard InChI is InChI=1S/C13H14N2O4/c1-15-7-10(8-4-2-3-5-11(8)15)14-9(13(18)19)6-12(16)17/h2-5,7,9,14H,6H2,1H3,(H,16,17)(H,18,19). The van der Waals surface area contributed by atoms with Gasteiger partial charge in [0.05, 0.1) is 12.1 Å². The summed E-state index contributed by atoms with van der Waals surface area (Å²) in [5.74, 6) is -2.34. The fraction of sp³-hybridized carbons (Fsp3) is 0.231. The summed E-state index contributed by atoms with van der Waals surface area (Å²) in [6, 6.07) is 6.35. The number of hydrogen-bond acceptors (Lipinski definition) is 3. The summed E-state index contributed by atoms with van der Waals surface area (Å²) in [5.41, 5.74) is 1.57. The molecule has 0 aliphatic heterocycles. The second kappa shape index (κ2) is 5.01. The van der Waals surface area contributed by atoms with Gasteiger partial charge >= 0.3 is 11.9 Å². The molecular formula is C13H14N2O4. The molecule has 2 rings (SSSR count). The fourth-order valence-electron chi connectivity index (χ4n) is 2.02. The lowest BCUT2D eigenvalue weighted by Gasteiger charge is -2.12. The number of aryl methyl sites for hydroxylation is 1. The van der Waals surface area contributed by atoms with Crippen LogP contribution in [0.2, 0.25) is 0 Å². The lowest BCUT2D eigenvalue weighted by Crippen LogP contribution is -2.31. The number of benzene rings is 1. The number of aromatic nitrogens is 1. The third-order valence-corrected chi connectivity index (χ3v) is 2.90. The molecule has 0 aliphatic rings. The quantitative estimate of drug-likeness (QED) is 0.759. The summed E-state index contributed by atoms with van der Waals surface area (Å²) in [6.45, 7) is 0. The summed E-state index contributed by atoms with van der Waals surface area (Å²) >= 11 is 0. The van der Waals surface area contributed by atoms with Gasteiger partial charge < -0.3 is 20.1 Å². The highest BCUT2D eigenvalue weighted by Crippen LogP contribution is 2.25. The molecule has 1 aromatic carbocycles. The third kappa shape index (κ3) is 2.67. The Bertz CT molecular complexity index is 633. The molecule has 2 aromatic rings. The van der Waals surface area contributed by atoms with Gasteiger partial charge in [0.2, 0.25) is 0 Å². The van der Waals surface area contributed by atoms with E-state index in [-0.39, 0.29) is 0 Å². The van der Waals surface area contributed by atoms with E-state index >= 15 is 0 Å². The van der Waals surface area contributed by atoms with Crippen molar-refractivity contribution in [1.82, 2.24) is 4.57 Å².